The highest BCUT2D eigenvalue weighted by atomic mass is 16.6. The topological polar surface area (TPSA) is 101 Å². The Bertz CT molecular complexity index is 728. The molecule has 0 bridgehead atoms. The van der Waals surface area contributed by atoms with Gasteiger partial charge in [0.15, 0.2) is 0 Å². The van der Waals surface area contributed by atoms with Crippen LogP contribution in [0.15, 0.2) is 18.2 Å². The van der Waals surface area contributed by atoms with Crippen LogP contribution in [-0.2, 0) is 4.74 Å². The van der Waals surface area contributed by atoms with Crippen LogP contribution in [-0.4, -0.2) is 33.7 Å². The van der Waals surface area contributed by atoms with E-state index in [4.69, 9.17) is 4.74 Å². The molecule has 1 aromatic rings. The molecule has 0 spiro atoms. The first-order chi connectivity index (χ1) is 15.7. The first-order valence-corrected chi connectivity index (χ1v) is 12.6. The maximum Gasteiger partial charge on any atom is 0.338 e. The summed E-state index contributed by atoms with van der Waals surface area (Å²) in [5.41, 5.74) is -1.14. The molecule has 33 heavy (non-hydrogen) atoms. The molecule has 1 aromatic carbocycles. The van der Waals surface area contributed by atoms with Gasteiger partial charge in [-0.25, -0.2) is 14.4 Å². The summed E-state index contributed by atoms with van der Waals surface area (Å²) < 4.78 is 6.25. The molecule has 0 aliphatic carbocycles. The van der Waals surface area contributed by atoms with Crippen molar-refractivity contribution < 1.29 is 29.3 Å². The summed E-state index contributed by atoms with van der Waals surface area (Å²) >= 11 is 0. The molecule has 0 amide bonds. The van der Waals surface area contributed by atoms with Crippen LogP contribution in [0.2, 0.25) is 0 Å². The molecule has 1 atom stereocenters. The number of hydrogen-bond donors (Lipinski definition) is 2. The van der Waals surface area contributed by atoms with Crippen molar-refractivity contribution in [2.45, 2.75) is 110 Å². The molecule has 6 nitrogen and oxygen atoms in total. The number of carbonyl (C=O) groups excluding carboxylic acids is 1. The van der Waals surface area contributed by atoms with Gasteiger partial charge in [-0.15, -0.1) is 0 Å². The molecule has 0 radical (unpaired) electrons. The third-order valence-electron chi connectivity index (χ3n) is 6.50. The summed E-state index contributed by atoms with van der Waals surface area (Å²) in [4.78, 5) is 36.3. The van der Waals surface area contributed by atoms with Gasteiger partial charge in [0.2, 0.25) is 0 Å². The van der Waals surface area contributed by atoms with Crippen LogP contribution < -0.4 is 0 Å². The quantitative estimate of drug-likeness (QED) is 0.185. The number of carbonyl (C=O) groups is 3. The lowest BCUT2D eigenvalue weighted by atomic mass is 9.77. The molecular formula is C27H42O6. The summed E-state index contributed by atoms with van der Waals surface area (Å²) in [7, 11) is 0. The van der Waals surface area contributed by atoms with Crippen LogP contribution in [0.3, 0.4) is 0 Å². The standard InChI is InChI=1S/C27H42O6/c1-5-8-11-14-20(4)27(15-12-9-6-2,16-13-10-7-3)33-26(32)23-18-21(24(28)29)17-22(19-23)25(30)31/h17-20H,5-16H2,1-4H3,(H,28,29)(H,30,31). The Labute approximate surface area is 198 Å². The van der Waals surface area contributed by atoms with Gasteiger partial charge in [0.1, 0.15) is 5.60 Å². The van der Waals surface area contributed by atoms with Gasteiger partial charge in [0.05, 0.1) is 16.7 Å². The minimum atomic E-state index is -1.28. The van der Waals surface area contributed by atoms with E-state index in [-0.39, 0.29) is 22.6 Å². The van der Waals surface area contributed by atoms with E-state index in [1.165, 1.54) is 12.1 Å². The van der Waals surface area contributed by atoms with Gasteiger partial charge in [-0.2, -0.15) is 0 Å². The van der Waals surface area contributed by atoms with E-state index in [2.05, 4.69) is 27.7 Å². The number of unbranched alkanes of at least 4 members (excludes halogenated alkanes) is 6. The molecule has 0 aliphatic heterocycles. The number of hydrogen-bond acceptors (Lipinski definition) is 4. The van der Waals surface area contributed by atoms with Crippen LogP contribution in [0, 0.1) is 5.92 Å². The van der Waals surface area contributed by atoms with E-state index in [9.17, 15) is 24.6 Å². The minimum Gasteiger partial charge on any atom is -0.478 e. The average molecular weight is 463 g/mol. The molecule has 6 heteroatoms. The van der Waals surface area contributed by atoms with Crippen molar-refractivity contribution in [2.24, 2.45) is 5.92 Å². The van der Waals surface area contributed by atoms with Crippen LogP contribution in [0.4, 0.5) is 0 Å². The minimum absolute atomic E-state index is 0.0246. The smallest absolute Gasteiger partial charge is 0.338 e. The molecule has 0 aliphatic rings. The Balaban J connectivity index is 3.33. The van der Waals surface area contributed by atoms with Crippen LogP contribution in [0.1, 0.15) is 136 Å². The zero-order valence-corrected chi connectivity index (χ0v) is 20.8. The third kappa shape index (κ3) is 9.18. The van der Waals surface area contributed by atoms with Crippen molar-refractivity contribution in [1.29, 1.82) is 0 Å². The normalized spacial score (nSPS) is 12.4. The molecule has 0 fully saturated rings. The number of aromatic carboxylic acids is 2. The second kappa shape index (κ2) is 14.7. The Morgan fingerprint density at radius 1 is 0.758 bits per heavy atom. The zero-order valence-electron chi connectivity index (χ0n) is 20.8. The maximum absolute atomic E-state index is 13.3. The Kier molecular flexibility index (Phi) is 12.8. The fourth-order valence-electron chi connectivity index (χ4n) is 4.37. The van der Waals surface area contributed by atoms with Crippen LogP contribution in [0.25, 0.3) is 0 Å². The van der Waals surface area contributed by atoms with Crippen molar-refractivity contribution in [3.05, 3.63) is 34.9 Å². The lowest BCUT2D eigenvalue weighted by Gasteiger charge is -2.39. The molecule has 1 unspecified atom stereocenters. The summed E-state index contributed by atoms with van der Waals surface area (Å²) in [5, 5.41) is 18.8. The largest absolute Gasteiger partial charge is 0.478 e. The van der Waals surface area contributed by atoms with Crippen molar-refractivity contribution in [2.75, 3.05) is 0 Å². The predicted octanol–water partition coefficient (Wildman–Crippen LogP) is 7.36. The highest BCUT2D eigenvalue weighted by Gasteiger charge is 2.39. The number of ether oxygens (including phenoxy) is 1. The molecule has 0 saturated heterocycles. The van der Waals surface area contributed by atoms with E-state index in [1.807, 2.05) is 0 Å². The first kappa shape index (κ1) is 28.7. The summed E-state index contributed by atoms with van der Waals surface area (Å²) in [5.74, 6) is -3.05. The van der Waals surface area contributed by atoms with E-state index in [0.29, 0.717) is 0 Å². The van der Waals surface area contributed by atoms with E-state index < -0.39 is 23.5 Å². The number of carboxylic acids is 2. The van der Waals surface area contributed by atoms with E-state index in [0.717, 1.165) is 83.1 Å². The molecule has 2 N–H and O–H groups in total. The second-order valence-electron chi connectivity index (χ2n) is 9.17. The number of esters is 1. The summed E-state index contributed by atoms with van der Waals surface area (Å²) in [6.45, 7) is 8.59. The monoisotopic (exact) mass is 462 g/mol. The molecule has 0 aromatic heterocycles. The van der Waals surface area contributed by atoms with Gasteiger partial charge >= 0.3 is 17.9 Å². The van der Waals surface area contributed by atoms with E-state index in [1.54, 1.807) is 0 Å². The fraction of sp³-hybridized carbons (Fsp3) is 0.667. The number of carboxylic acid groups (broad SMARTS) is 2. The van der Waals surface area contributed by atoms with Gasteiger partial charge in [-0.1, -0.05) is 72.6 Å². The zero-order chi connectivity index (χ0) is 24.9. The second-order valence-corrected chi connectivity index (χ2v) is 9.17. The SMILES string of the molecule is CCCCCC(C)C(CCCCC)(CCCCC)OC(=O)c1cc(C(=O)O)cc(C(=O)O)c1. The Morgan fingerprint density at radius 3 is 1.61 bits per heavy atom. The predicted molar refractivity (Wildman–Crippen MR) is 130 cm³/mol. The summed E-state index contributed by atoms with van der Waals surface area (Å²) in [6, 6.07) is 3.48. The maximum atomic E-state index is 13.3. The van der Waals surface area contributed by atoms with Gasteiger partial charge in [0, 0.05) is 0 Å². The lowest BCUT2D eigenvalue weighted by molar-refractivity contribution is -0.0629. The van der Waals surface area contributed by atoms with Crippen molar-refractivity contribution in [3.63, 3.8) is 0 Å². The Hall–Kier alpha value is -2.37. The van der Waals surface area contributed by atoms with Gasteiger partial charge in [-0.05, 0) is 56.2 Å². The third-order valence-corrected chi connectivity index (χ3v) is 6.50. The highest BCUT2D eigenvalue weighted by Crippen LogP contribution is 2.38. The summed E-state index contributed by atoms with van der Waals surface area (Å²) in [6.07, 6.45) is 11.9. The molecule has 186 valence electrons. The lowest BCUT2D eigenvalue weighted by Crippen LogP contribution is -2.42. The van der Waals surface area contributed by atoms with Gasteiger partial charge in [0.25, 0.3) is 0 Å². The molecular weight excluding hydrogens is 420 g/mol. The van der Waals surface area contributed by atoms with Crippen LogP contribution >= 0.6 is 0 Å². The van der Waals surface area contributed by atoms with Crippen molar-refractivity contribution >= 4 is 17.9 Å². The Morgan fingerprint density at radius 2 is 1.18 bits per heavy atom. The van der Waals surface area contributed by atoms with Gasteiger partial charge in [-0.3, -0.25) is 0 Å². The molecule has 0 saturated carbocycles. The first-order valence-electron chi connectivity index (χ1n) is 12.6. The average Bonchev–Trinajstić information content (AvgIpc) is 2.78. The van der Waals surface area contributed by atoms with E-state index >= 15 is 0 Å². The van der Waals surface area contributed by atoms with Crippen LogP contribution in [0.5, 0.6) is 0 Å². The van der Waals surface area contributed by atoms with Crippen molar-refractivity contribution in [3.8, 4) is 0 Å². The fourth-order valence-corrected chi connectivity index (χ4v) is 4.37. The number of benzene rings is 1. The molecule has 0 heterocycles. The highest BCUT2D eigenvalue weighted by molar-refractivity contribution is 5.99. The molecule has 1 rings (SSSR count). The van der Waals surface area contributed by atoms with Crippen molar-refractivity contribution in [1.82, 2.24) is 0 Å². The van der Waals surface area contributed by atoms with Gasteiger partial charge < -0.3 is 14.9 Å². The number of rotatable bonds is 17.